The molecule has 6 nitrogen and oxygen atoms in total. The number of aliphatic hydroxyl groups is 1. The minimum absolute atomic E-state index is 0.0765. The first-order valence-electron chi connectivity index (χ1n) is 6.59. The number of aryl methyl sites for hydroxylation is 1. The summed E-state index contributed by atoms with van der Waals surface area (Å²) >= 11 is 0. The Kier molecular flexibility index (Phi) is 4.34. The summed E-state index contributed by atoms with van der Waals surface area (Å²) in [6, 6.07) is 3.42. The summed E-state index contributed by atoms with van der Waals surface area (Å²) in [5, 5.41) is 9.64. The standard InChI is InChI=1S/C13H20N4O2/c1-2-10-6-9(7-12(15-10)16-14)13(19)17-5-3-4-11(18)8-17/h6-7,11,18H,2-5,8,14H2,1H3,(H,15,16). The Bertz CT molecular complexity index is 442. The van der Waals surface area contributed by atoms with Crippen LogP contribution in [0.2, 0.25) is 0 Å². The fourth-order valence-corrected chi connectivity index (χ4v) is 2.29. The molecule has 0 aromatic carbocycles. The number of aromatic nitrogens is 1. The van der Waals surface area contributed by atoms with Crippen molar-refractivity contribution < 1.29 is 9.90 Å². The number of hydrogen-bond acceptors (Lipinski definition) is 5. The van der Waals surface area contributed by atoms with E-state index in [-0.39, 0.29) is 5.91 Å². The summed E-state index contributed by atoms with van der Waals surface area (Å²) in [6.07, 6.45) is 1.91. The summed E-state index contributed by atoms with van der Waals surface area (Å²) in [6.45, 7) is 3.06. The third-order valence-corrected chi connectivity index (χ3v) is 3.32. The van der Waals surface area contributed by atoms with Crippen LogP contribution in [-0.2, 0) is 6.42 Å². The Morgan fingerprint density at radius 2 is 2.42 bits per heavy atom. The van der Waals surface area contributed by atoms with Gasteiger partial charge in [0.2, 0.25) is 0 Å². The topological polar surface area (TPSA) is 91.5 Å². The van der Waals surface area contributed by atoms with Gasteiger partial charge in [0.05, 0.1) is 6.10 Å². The average Bonchev–Trinajstić information content (AvgIpc) is 2.45. The number of nitrogens with one attached hydrogen (secondary N) is 1. The van der Waals surface area contributed by atoms with Crippen molar-refractivity contribution in [2.75, 3.05) is 18.5 Å². The normalized spacial score (nSPS) is 19.3. The molecule has 0 radical (unpaired) electrons. The number of amides is 1. The molecule has 1 unspecified atom stereocenters. The largest absolute Gasteiger partial charge is 0.391 e. The minimum Gasteiger partial charge on any atom is -0.391 e. The molecule has 6 heteroatoms. The summed E-state index contributed by atoms with van der Waals surface area (Å²) < 4.78 is 0. The minimum atomic E-state index is -0.419. The van der Waals surface area contributed by atoms with Gasteiger partial charge in [-0.25, -0.2) is 10.8 Å². The van der Waals surface area contributed by atoms with E-state index in [1.807, 2.05) is 6.92 Å². The van der Waals surface area contributed by atoms with Crippen LogP contribution in [0.5, 0.6) is 0 Å². The van der Waals surface area contributed by atoms with E-state index in [2.05, 4.69) is 10.4 Å². The monoisotopic (exact) mass is 264 g/mol. The van der Waals surface area contributed by atoms with Gasteiger partial charge in [0, 0.05) is 24.3 Å². The summed E-state index contributed by atoms with van der Waals surface area (Å²) in [4.78, 5) is 18.3. The fourth-order valence-electron chi connectivity index (χ4n) is 2.29. The number of carbonyl (C=O) groups is 1. The Morgan fingerprint density at radius 1 is 1.63 bits per heavy atom. The predicted molar refractivity (Wildman–Crippen MR) is 72.6 cm³/mol. The molecule has 1 aromatic rings. The third kappa shape index (κ3) is 3.21. The molecule has 1 saturated heterocycles. The number of anilines is 1. The molecule has 1 fully saturated rings. The van der Waals surface area contributed by atoms with Gasteiger partial charge >= 0.3 is 0 Å². The molecular weight excluding hydrogens is 244 g/mol. The molecule has 2 heterocycles. The molecule has 4 N–H and O–H groups in total. The molecule has 1 aliphatic rings. The number of hydrogen-bond donors (Lipinski definition) is 3. The fraction of sp³-hybridized carbons (Fsp3) is 0.538. The molecule has 0 spiro atoms. The van der Waals surface area contributed by atoms with Crippen LogP contribution in [0.3, 0.4) is 0 Å². The van der Waals surface area contributed by atoms with E-state index in [9.17, 15) is 9.90 Å². The molecule has 0 bridgehead atoms. The van der Waals surface area contributed by atoms with E-state index in [4.69, 9.17) is 5.84 Å². The van der Waals surface area contributed by atoms with Gasteiger partial charge in [0.25, 0.3) is 5.91 Å². The molecule has 1 atom stereocenters. The van der Waals surface area contributed by atoms with Crippen molar-refractivity contribution in [3.05, 3.63) is 23.4 Å². The number of pyridine rings is 1. The number of β-amino-alcohol motifs (C(OH)–C–C–N with tert-alkyl or cyclic N) is 1. The Labute approximate surface area is 112 Å². The van der Waals surface area contributed by atoms with Crippen LogP contribution in [0.25, 0.3) is 0 Å². The Balaban J connectivity index is 2.22. The number of carbonyl (C=O) groups excluding carboxylic acids is 1. The number of rotatable bonds is 3. The first-order chi connectivity index (χ1) is 9.13. The van der Waals surface area contributed by atoms with E-state index < -0.39 is 6.10 Å². The molecule has 2 rings (SSSR count). The number of nitrogens with zero attached hydrogens (tertiary/aromatic N) is 2. The zero-order valence-electron chi connectivity index (χ0n) is 11.1. The van der Waals surface area contributed by atoms with Crippen LogP contribution in [-0.4, -0.2) is 40.1 Å². The molecule has 104 valence electrons. The highest BCUT2D eigenvalue weighted by molar-refractivity contribution is 5.95. The van der Waals surface area contributed by atoms with E-state index in [1.165, 1.54) is 0 Å². The lowest BCUT2D eigenvalue weighted by Crippen LogP contribution is -2.42. The third-order valence-electron chi connectivity index (χ3n) is 3.32. The maximum absolute atomic E-state index is 12.4. The number of hydrazine groups is 1. The summed E-state index contributed by atoms with van der Waals surface area (Å²) in [5.41, 5.74) is 3.86. The van der Waals surface area contributed by atoms with Gasteiger partial charge < -0.3 is 15.4 Å². The first-order valence-corrected chi connectivity index (χ1v) is 6.59. The van der Waals surface area contributed by atoms with Crippen molar-refractivity contribution in [1.82, 2.24) is 9.88 Å². The lowest BCUT2D eigenvalue weighted by molar-refractivity contribution is 0.0473. The average molecular weight is 264 g/mol. The molecule has 1 aliphatic heterocycles. The van der Waals surface area contributed by atoms with E-state index in [0.717, 1.165) is 25.0 Å². The van der Waals surface area contributed by atoms with Gasteiger partial charge in [-0.05, 0) is 31.4 Å². The lowest BCUT2D eigenvalue weighted by atomic mass is 10.1. The first kappa shape index (κ1) is 13.8. The van der Waals surface area contributed by atoms with Crippen LogP contribution in [0.15, 0.2) is 12.1 Å². The second-order valence-corrected chi connectivity index (χ2v) is 4.78. The Morgan fingerprint density at radius 3 is 3.05 bits per heavy atom. The maximum atomic E-state index is 12.4. The van der Waals surface area contributed by atoms with Gasteiger partial charge in [-0.1, -0.05) is 6.92 Å². The quantitative estimate of drug-likeness (QED) is 0.547. The molecule has 19 heavy (non-hydrogen) atoms. The number of likely N-dealkylation sites (tertiary alicyclic amines) is 1. The van der Waals surface area contributed by atoms with Crippen LogP contribution < -0.4 is 11.3 Å². The summed E-state index contributed by atoms with van der Waals surface area (Å²) in [7, 11) is 0. The van der Waals surface area contributed by atoms with Gasteiger partial charge in [-0.3, -0.25) is 4.79 Å². The molecule has 0 saturated carbocycles. The highest BCUT2D eigenvalue weighted by atomic mass is 16.3. The second kappa shape index (κ2) is 5.99. The number of nitrogens with two attached hydrogens (primary N) is 1. The highest BCUT2D eigenvalue weighted by Crippen LogP contribution is 2.16. The molecular formula is C13H20N4O2. The summed E-state index contributed by atoms with van der Waals surface area (Å²) in [5.74, 6) is 5.78. The van der Waals surface area contributed by atoms with E-state index in [0.29, 0.717) is 24.5 Å². The predicted octanol–water partition coefficient (Wildman–Crippen LogP) is 0.526. The smallest absolute Gasteiger partial charge is 0.254 e. The number of aliphatic hydroxyl groups excluding tert-OH is 1. The van der Waals surface area contributed by atoms with E-state index in [1.54, 1.807) is 17.0 Å². The lowest BCUT2D eigenvalue weighted by Gasteiger charge is -2.30. The van der Waals surface area contributed by atoms with Crippen LogP contribution in [0.1, 0.15) is 35.8 Å². The highest BCUT2D eigenvalue weighted by Gasteiger charge is 2.23. The van der Waals surface area contributed by atoms with Crippen molar-refractivity contribution in [3.8, 4) is 0 Å². The van der Waals surface area contributed by atoms with Gasteiger partial charge in [-0.15, -0.1) is 0 Å². The van der Waals surface area contributed by atoms with Crippen molar-refractivity contribution in [3.63, 3.8) is 0 Å². The van der Waals surface area contributed by atoms with Crippen LogP contribution in [0, 0.1) is 0 Å². The van der Waals surface area contributed by atoms with Gasteiger partial charge in [0.1, 0.15) is 5.82 Å². The Hall–Kier alpha value is -1.66. The second-order valence-electron chi connectivity index (χ2n) is 4.78. The van der Waals surface area contributed by atoms with E-state index >= 15 is 0 Å². The van der Waals surface area contributed by atoms with Crippen molar-refractivity contribution in [2.45, 2.75) is 32.3 Å². The van der Waals surface area contributed by atoms with Crippen LogP contribution >= 0.6 is 0 Å². The molecule has 1 aromatic heterocycles. The zero-order chi connectivity index (χ0) is 13.8. The maximum Gasteiger partial charge on any atom is 0.254 e. The van der Waals surface area contributed by atoms with Gasteiger partial charge in [0.15, 0.2) is 0 Å². The van der Waals surface area contributed by atoms with Crippen molar-refractivity contribution in [2.24, 2.45) is 5.84 Å². The van der Waals surface area contributed by atoms with Crippen molar-refractivity contribution in [1.29, 1.82) is 0 Å². The molecule has 0 aliphatic carbocycles. The zero-order valence-corrected chi connectivity index (χ0v) is 11.1. The SMILES string of the molecule is CCc1cc(C(=O)N2CCCC(O)C2)cc(NN)n1. The number of piperidine rings is 1. The van der Waals surface area contributed by atoms with Crippen molar-refractivity contribution >= 4 is 11.7 Å². The van der Waals surface area contributed by atoms with Gasteiger partial charge in [-0.2, -0.15) is 0 Å². The van der Waals surface area contributed by atoms with Crippen LogP contribution in [0.4, 0.5) is 5.82 Å². The molecule has 1 amide bonds. The number of nitrogen functional groups attached to an aromatic ring is 1.